The lowest BCUT2D eigenvalue weighted by Gasteiger charge is -2.27. The number of hydrogen-bond acceptors (Lipinski definition) is 4. The van der Waals surface area contributed by atoms with Gasteiger partial charge in [-0.25, -0.2) is 0 Å². The summed E-state index contributed by atoms with van der Waals surface area (Å²) in [6.07, 6.45) is 1.56. The van der Waals surface area contributed by atoms with Gasteiger partial charge in [-0.2, -0.15) is 0 Å². The predicted molar refractivity (Wildman–Crippen MR) is 83.9 cm³/mol. The fourth-order valence-electron chi connectivity index (χ4n) is 2.78. The van der Waals surface area contributed by atoms with Crippen molar-refractivity contribution in [3.63, 3.8) is 0 Å². The van der Waals surface area contributed by atoms with Crippen LogP contribution in [0.25, 0.3) is 0 Å². The molecular formula is C16H21N3O3. The average Bonchev–Trinajstić information content (AvgIpc) is 3.00. The molecule has 1 aromatic carbocycles. The second-order valence-electron chi connectivity index (χ2n) is 5.54. The zero-order valence-electron chi connectivity index (χ0n) is 12.6. The van der Waals surface area contributed by atoms with Crippen molar-refractivity contribution >= 4 is 23.2 Å². The fourth-order valence-corrected chi connectivity index (χ4v) is 2.78. The van der Waals surface area contributed by atoms with Crippen molar-refractivity contribution in [2.75, 3.05) is 49.6 Å². The maximum atomic E-state index is 12.0. The summed E-state index contributed by atoms with van der Waals surface area (Å²) < 4.78 is 5.24. The third-order valence-electron chi connectivity index (χ3n) is 4.06. The van der Waals surface area contributed by atoms with Crippen LogP contribution in [0.4, 0.5) is 11.4 Å². The van der Waals surface area contributed by atoms with Crippen LogP contribution >= 0.6 is 0 Å². The van der Waals surface area contributed by atoms with E-state index in [1.165, 1.54) is 0 Å². The molecule has 6 heteroatoms. The lowest BCUT2D eigenvalue weighted by Crippen LogP contribution is -2.43. The highest BCUT2D eigenvalue weighted by atomic mass is 16.5. The summed E-state index contributed by atoms with van der Waals surface area (Å²) in [5.41, 5.74) is 1.81. The molecule has 2 aliphatic rings. The first-order valence-corrected chi connectivity index (χ1v) is 7.74. The second kappa shape index (κ2) is 6.79. The second-order valence-corrected chi connectivity index (χ2v) is 5.54. The van der Waals surface area contributed by atoms with Crippen molar-refractivity contribution in [1.82, 2.24) is 4.90 Å². The van der Waals surface area contributed by atoms with E-state index in [4.69, 9.17) is 4.74 Å². The number of carbonyl (C=O) groups excluding carboxylic acids is 2. The van der Waals surface area contributed by atoms with Crippen LogP contribution in [0.3, 0.4) is 0 Å². The van der Waals surface area contributed by atoms with Crippen molar-refractivity contribution in [2.45, 2.75) is 12.8 Å². The molecule has 0 aromatic heterocycles. The van der Waals surface area contributed by atoms with Crippen LogP contribution in [0.1, 0.15) is 12.8 Å². The van der Waals surface area contributed by atoms with E-state index >= 15 is 0 Å². The van der Waals surface area contributed by atoms with Crippen LogP contribution in [-0.2, 0) is 14.3 Å². The molecule has 0 atom stereocenters. The van der Waals surface area contributed by atoms with Crippen molar-refractivity contribution in [3.8, 4) is 0 Å². The Balaban J connectivity index is 1.52. The average molecular weight is 303 g/mol. The maximum Gasteiger partial charge on any atom is 0.242 e. The van der Waals surface area contributed by atoms with E-state index in [2.05, 4.69) is 5.32 Å². The highest BCUT2D eigenvalue weighted by Crippen LogP contribution is 2.22. The Kier molecular flexibility index (Phi) is 4.58. The molecule has 0 aliphatic carbocycles. The lowest BCUT2D eigenvalue weighted by atomic mass is 10.2. The number of amides is 2. The molecule has 2 aliphatic heterocycles. The molecule has 0 unspecified atom stereocenters. The maximum absolute atomic E-state index is 12.0. The SMILES string of the molecule is O=C(CNc1ccc(N2CCCC2=O)cc1)N1CCOCC1. The van der Waals surface area contributed by atoms with E-state index in [-0.39, 0.29) is 18.4 Å². The Morgan fingerprint density at radius 3 is 2.50 bits per heavy atom. The largest absolute Gasteiger partial charge is 0.378 e. The molecule has 6 nitrogen and oxygen atoms in total. The van der Waals surface area contributed by atoms with Gasteiger partial charge in [0.1, 0.15) is 0 Å². The summed E-state index contributed by atoms with van der Waals surface area (Å²) in [4.78, 5) is 27.4. The van der Waals surface area contributed by atoms with Crippen LogP contribution < -0.4 is 10.2 Å². The molecule has 22 heavy (non-hydrogen) atoms. The number of nitrogens with one attached hydrogen (secondary N) is 1. The van der Waals surface area contributed by atoms with Gasteiger partial charge >= 0.3 is 0 Å². The van der Waals surface area contributed by atoms with Crippen LogP contribution in [0.15, 0.2) is 24.3 Å². The van der Waals surface area contributed by atoms with Gasteiger partial charge in [0.05, 0.1) is 19.8 Å². The molecule has 3 rings (SSSR count). The third-order valence-corrected chi connectivity index (χ3v) is 4.06. The number of carbonyl (C=O) groups is 2. The first kappa shape index (κ1) is 14.8. The number of hydrogen-bond donors (Lipinski definition) is 1. The summed E-state index contributed by atoms with van der Waals surface area (Å²) in [6.45, 7) is 3.63. The smallest absolute Gasteiger partial charge is 0.242 e. The normalized spacial score (nSPS) is 18.6. The van der Waals surface area contributed by atoms with E-state index in [1.54, 1.807) is 0 Å². The minimum Gasteiger partial charge on any atom is -0.378 e. The zero-order chi connectivity index (χ0) is 15.4. The van der Waals surface area contributed by atoms with Gasteiger partial charge < -0.3 is 19.9 Å². The summed E-state index contributed by atoms with van der Waals surface area (Å²) in [6, 6.07) is 7.66. The van der Waals surface area contributed by atoms with Crippen LogP contribution in [0.5, 0.6) is 0 Å². The van der Waals surface area contributed by atoms with Gasteiger partial charge in [-0.1, -0.05) is 0 Å². The van der Waals surface area contributed by atoms with Gasteiger partial charge in [0, 0.05) is 37.4 Å². The monoisotopic (exact) mass is 303 g/mol. The molecule has 2 heterocycles. The first-order chi connectivity index (χ1) is 10.7. The highest BCUT2D eigenvalue weighted by Gasteiger charge is 2.21. The molecule has 2 amide bonds. The Bertz CT molecular complexity index is 538. The lowest BCUT2D eigenvalue weighted by molar-refractivity contribution is -0.133. The van der Waals surface area contributed by atoms with Gasteiger partial charge in [0.25, 0.3) is 0 Å². The molecule has 1 N–H and O–H groups in total. The van der Waals surface area contributed by atoms with Crippen LogP contribution in [0, 0.1) is 0 Å². The number of nitrogens with zero attached hydrogens (tertiary/aromatic N) is 2. The number of benzene rings is 1. The minimum atomic E-state index is 0.0853. The molecule has 0 radical (unpaired) electrons. The quantitative estimate of drug-likeness (QED) is 0.904. The molecule has 118 valence electrons. The van der Waals surface area contributed by atoms with Crippen molar-refractivity contribution in [3.05, 3.63) is 24.3 Å². The van der Waals surface area contributed by atoms with Gasteiger partial charge in [-0.05, 0) is 30.7 Å². The van der Waals surface area contributed by atoms with Gasteiger partial charge in [0.15, 0.2) is 0 Å². The third kappa shape index (κ3) is 3.39. The molecule has 0 spiro atoms. The predicted octanol–water partition coefficient (Wildman–Crippen LogP) is 1.08. The molecule has 0 saturated carbocycles. The molecule has 2 saturated heterocycles. The molecule has 1 aromatic rings. The summed E-state index contributed by atoms with van der Waals surface area (Å²) in [7, 11) is 0. The van der Waals surface area contributed by atoms with Crippen molar-refractivity contribution < 1.29 is 14.3 Å². The van der Waals surface area contributed by atoms with Crippen LogP contribution in [-0.4, -0.2) is 56.1 Å². The Hall–Kier alpha value is -2.08. The topological polar surface area (TPSA) is 61.9 Å². The van der Waals surface area contributed by atoms with E-state index in [1.807, 2.05) is 34.1 Å². The van der Waals surface area contributed by atoms with Gasteiger partial charge in [0.2, 0.25) is 11.8 Å². The van der Waals surface area contributed by atoms with E-state index in [0.717, 1.165) is 24.3 Å². The summed E-state index contributed by atoms with van der Waals surface area (Å²) >= 11 is 0. The van der Waals surface area contributed by atoms with E-state index in [9.17, 15) is 9.59 Å². The Morgan fingerprint density at radius 1 is 1.14 bits per heavy atom. The van der Waals surface area contributed by atoms with E-state index in [0.29, 0.717) is 32.7 Å². The van der Waals surface area contributed by atoms with Crippen LogP contribution in [0.2, 0.25) is 0 Å². The number of morpholine rings is 1. The number of anilines is 2. The standard InChI is InChI=1S/C16H21N3O3/c20-15-2-1-7-19(15)14-5-3-13(4-6-14)17-12-16(21)18-8-10-22-11-9-18/h3-6,17H,1-2,7-12H2. The van der Waals surface area contributed by atoms with Gasteiger partial charge in [-0.15, -0.1) is 0 Å². The fraction of sp³-hybridized carbons (Fsp3) is 0.500. The Labute approximate surface area is 130 Å². The first-order valence-electron chi connectivity index (χ1n) is 7.74. The molecule has 2 fully saturated rings. The molecule has 0 bridgehead atoms. The summed E-state index contributed by atoms with van der Waals surface area (Å²) in [5.74, 6) is 0.269. The zero-order valence-corrected chi connectivity index (χ0v) is 12.6. The molecular weight excluding hydrogens is 282 g/mol. The van der Waals surface area contributed by atoms with Crippen molar-refractivity contribution in [1.29, 1.82) is 0 Å². The van der Waals surface area contributed by atoms with E-state index < -0.39 is 0 Å². The van der Waals surface area contributed by atoms with Crippen molar-refractivity contribution in [2.24, 2.45) is 0 Å². The Morgan fingerprint density at radius 2 is 1.86 bits per heavy atom. The highest BCUT2D eigenvalue weighted by molar-refractivity contribution is 5.95. The minimum absolute atomic E-state index is 0.0853. The number of rotatable bonds is 4. The summed E-state index contributed by atoms with van der Waals surface area (Å²) in [5, 5.41) is 3.14. The van der Waals surface area contributed by atoms with Gasteiger partial charge in [-0.3, -0.25) is 9.59 Å². The number of ether oxygens (including phenoxy) is 1.